The van der Waals surface area contributed by atoms with E-state index in [0.717, 1.165) is 6.42 Å². The maximum absolute atomic E-state index is 11.8. The summed E-state index contributed by atoms with van der Waals surface area (Å²) in [5.74, 6) is 0.584. The van der Waals surface area contributed by atoms with E-state index < -0.39 is 11.7 Å². The number of ether oxygens (including phenoxy) is 1. The minimum Gasteiger partial charge on any atom is -0.444 e. The number of hydrogen-bond donors (Lipinski definition) is 3. The molecule has 1 rings (SSSR count). The Balaban J connectivity index is 1.98. The Labute approximate surface area is 157 Å². The average Bonchev–Trinajstić information content (AvgIpc) is 2.56. The van der Waals surface area contributed by atoms with Crippen LogP contribution in [-0.4, -0.2) is 43.1 Å². The molecule has 0 heterocycles. The predicted octanol–water partition coefficient (Wildman–Crippen LogP) is 2.49. The molecule has 0 spiro atoms. The van der Waals surface area contributed by atoms with Crippen LogP contribution in [0.1, 0.15) is 72.1 Å². The largest absolute Gasteiger partial charge is 0.444 e. The lowest BCUT2D eigenvalue weighted by Crippen LogP contribution is -2.37. The van der Waals surface area contributed by atoms with Crippen LogP contribution < -0.4 is 16.0 Å². The molecule has 0 saturated heterocycles. The fourth-order valence-corrected chi connectivity index (χ4v) is 2.98. The fraction of sp³-hybridized carbons (Fsp3) is 0.842. The van der Waals surface area contributed by atoms with E-state index in [1.165, 1.54) is 32.1 Å². The average molecular weight is 370 g/mol. The lowest BCUT2D eigenvalue weighted by Gasteiger charge is -2.21. The van der Waals surface area contributed by atoms with Crippen molar-refractivity contribution in [2.75, 3.05) is 19.6 Å². The summed E-state index contributed by atoms with van der Waals surface area (Å²) < 4.78 is 5.08. The first-order chi connectivity index (χ1) is 12.3. The van der Waals surface area contributed by atoms with E-state index in [-0.39, 0.29) is 24.8 Å². The molecular formula is C19H35N3O4. The molecule has 1 aliphatic carbocycles. The van der Waals surface area contributed by atoms with Crippen molar-refractivity contribution in [3.63, 3.8) is 0 Å². The van der Waals surface area contributed by atoms with Gasteiger partial charge in [0.25, 0.3) is 0 Å². The first-order valence-corrected chi connectivity index (χ1v) is 9.76. The highest BCUT2D eigenvalue weighted by Gasteiger charge is 2.16. The quantitative estimate of drug-likeness (QED) is 0.544. The van der Waals surface area contributed by atoms with Gasteiger partial charge in [0.15, 0.2) is 0 Å². The van der Waals surface area contributed by atoms with E-state index in [9.17, 15) is 14.4 Å². The van der Waals surface area contributed by atoms with Crippen LogP contribution in [0.15, 0.2) is 0 Å². The summed E-state index contributed by atoms with van der Waals surface area (Å²) in [6.07, 6.45) is 7.59. The number of carbonyl (C=O) groups excluding carboxylic acids is 3. The summed E-state index contributed by atoms with van der Waals surface area (Å²) in [5, 5.41) is 8.09. The van der Waals surface area contributed by atoms with E-state index in [1.54, 1.807) is 20.8 Å². The minimum atomic E-state index is -0.554. The van der Waals surface area contributed by atoms with E-state index in [2.05, 4.69) is 16.0 Å². The highest BCUT2D eigenvalue weighted by atomic mass is 16.6. The van der Waals surface area contributed by atoms with Gasteiger partial charge < -0.3 is 20.7 Å². The zero-order valence-electron chi connectivity index (χ0n) is 16.5. The van der Waals surface area contributed by atoms with Crippen LogP contribution in [0.25, 0.3) is 0 Å². The topological polar surface area (TPSA) is 96.5 Å². The van der Waals surface area contributed by atoms with Gasteiger partial charge in [-0.3, -0.25) is 9.59 Å². The second-order valence-electron chi connectivity index (χ2n) is 7.92. The molecular weight excluding hydrogens is 334 g/mol. The standard InChI is InChI=1S/C19H35N3O4/c1-19(2,3)26-18(25)22-12-11-17(24)21-14-13-20-16(23)10-9-15-7-5-4-6-8-15/h15H,4-14H2,1-3H3,(H,20,23)(H,21,24)(H,22,25). The maximum atomic E-state index is 11.8. The number of hydrogen-bond acceptors (Lipinski definition) is 4. The van der Waals surface area contributed by atoms with E-state index in [4.69, 9.17) is 4.74 Å². The smallest absolute Gasteiger partial charge is 0.407 e. The van der Waals surface area contributed by atoms with Gasteiger partial charge in [-0.1, -0.05) is 32.1 Å². The summed E-state index contributed by atoms with van der Waals surface area (Å²) in [5.41, 5.74) is -0.554. The summed E-state index contributed by atoms with van der Waals surface area (Å²) in [6, 6.07) is 0. The molecule has 1 fully saturated rings. The summed E-state index contributed by atoms with van der Waals surface area (Å²) >= 11 is 0. The second-order valence-corrected chi connectivity index (χ2v) is 7.92. The van der Waals surface area contributed by atoms with Gasteiger partial charge in [0.2, 0.25) is 11.8 Å². The van der Waals surface area contributed by atoms with Gasteiger partial charge in [-0.15, -0.1) is 0 Å². The fourth-order valence-electron chi connectivity index (χ4n) is 2.98. The van der Waals surface area contributed by atoms with Crippen molar-refractivity contribution in [1.82, 2.24) is 16.0 Å². The van der Waals surface area contributed by atoms with Crippen LogP contribution in [0.5, 0.6) is 0 Å². The number of carbonyl (C=O) groups is 3. The van der Waals surface area contributed by atoms with Gasteiger partial charge in [-0.25, -0.2) is 4.79 Å². The molecule has 0 bridgehead atoms. The summed E-state index contributed by atoms with van der Waals surface area (Å²) in [4.78, 5) is 34.9. The van der Waals surface area contributed by atoms with Crippen molar-refractivity contribution in [3.05, 3.63) is 0 Å². The predicted molar refractivity (Wildman–Crippen MR) is 101 cm³/mol. The highest BCUT2D eigenvalue weighted by Crippen LogP contribution is 2.27. The summed E-state index contributed by atoms with van der Waals surface area (Å²) in [6.45, 7) is 6.37. The maximum Gasteiger partial charge on any atom is 0.407 e. The monoisotopic (exact) mass is 369 g/mol. The molecule has 0 aliphatic heterocycles. The third-order valence-electron chi connectivity index (χ3n) is 4.29. The van der Waals surface area contributed by atoms with Crippen molar-refractivity contribution in [2.45, 2.75) is 77.7 Å². The first-order valence-electron chi connectivity index (χ1n) is 9.76. The molecule has 26 heavy (non-hydrogen) atoms. The molecule has 1 aliphatic rings. The third kappa shape index (κ3) is 11.7. The van der Waals surface area contributed by atoms with Crippen molar-refractivity contribution in [3.8, 4) is 0 Å². The van der Waals surface area contributed by atoms with Gasteiger partial charge in [-0.2, -0.15) is 0 Å². The van der Waals surface area contributed by atoms with Crippen molar-refractivity contribution in [1.29, 1.82) is 0 Å². The van der Waals surface area contributed by atoms with Crippen molar-refractivity contribution >= 4 is 17.9 Å². The molecule has 0 atom stereocenters. The van der Waals surface area contributed by atoms with Crippen LogP contribution in [-0.2, 0) is 14.3 Å². The lowest BCUT2D eigenvalue weighted by atomic mass is 9.86. The van der Waals surface area contributed by atoms with E-state index in [0.29, 0.717) is 25.4 Å². The number of rotatable bonds is 9. The molecule has 0 aromatic carbocycles. The molecule has 7 heteroatoms. The second kappa shape index (κ2) is 11.8. The number of alkyl carbamates (subject to hydrolysis) is 1. The van der Waals surface area contributed by atoms with Gasteiger partial charge in [0.05, 0.1) is 0 Å². The van der Waals surface area contributed by atoms with Gasteiger partial charge in [-0.05, 0) is 33.1 Å². The molecule has 7 nitrogen and oxygen atoms in total. The van der Waals surface area contributed by atoms with Crippen LogP contribution in [0.4, 0.5) is 4.79 Å². The van der Waals surface area contributed by atoms with E-state index in [1.807, 2.05) is 0 Å². The Morgan fingerprint density at radius 3 is 2.00 bits per heavy atom. The van der Waals surface area contributed by atoms with Crippen LogP contribution in [0.2, 0.25) is 0 Å². The van der Waals surface area contributed by atoms with Crippen LogP contribution in [0.3, 0.4) is 0 Å². The minimum absolute atomic E-state index is 0.0522. The first kappa shape index (κ1) is 22.3. The molecule has 0 unspecified atom stereocenters. The Hall–Kier alpha value is -1.79. The van der Waals surface area contributed by atoms with Gasteiger partial charge >= 0.3 is 6.09 Å². The zero-order chi connectivity index (χ0) is 19.4. The van der Waals surface area contributed by atoms with E-state index >= 15 is 0 Å². The molecule has 3 N–H and O–H groups in total. The Bertz CT molecular complexity index is 454. The molecule has 1 saturated carbocycles. The van der Waals surface area contributed by atoms with Gasteiger partial charge in [0.1, 0.15) is 5.60 Å². The van der Waals surface area contributed by atoms with Crippen molar-refractivity contribution < 1.29 is 19.1 Å². The molecule has 150 valence electrons. The lowest BCUT2D eigenvalue weighted by molar-refractivity contribution is -0.123. The Kier molecular flexibility index (Phi) is 10.1. The SMILES string of the molecule is CC(C)(C)OC(=O)NCCC(=O)NCCNC(=O)CCC1CCCCC1. The Morgan fingerprint density at radius 1 is 0.846 bits per heavy atom. The zero-order valence-corrected chi connectivity index (χ0v) is 16.5. The molecule has 0 aromatic rings. The highest BCUT2D eigenvalue weighted by molar-refractivity contribution is 5.77. The number of nitrogens with one attached hydrogen (secondary N) is 3. The van der Waals surface area contributed by atoms with Gasteiger partial charge in [0, 0.05) is 32.5 Å². The van der Waals surface area contributed by atoms with Crippen LogP contribution in [0, 0.1) is 5.92 Å². The number of amides is 3. The molecule has 0 radical (unpaired) electrons. The van der Waals surface area contributed by atoms with Crippen LogP contribution >= 0.6 is 0 Å². The third-order valence-corrected chi connectivity index (χ3v) is 4.29. The summed E-state index contributed by atoms with van der Waals surface area (Å²) in [7, 11) is 0. The van der Waals surface area contributed by atoms with Crippen molar-refractivity contribution in [2.24, 2.45) is 5.92 Å². The normalized spacial score (nSPS) is 15.2. The molecule has 3 amide bonds. The molecule has 0 aromatic heterocycles. The Morgan fingerprint density at radius 2 is 1.42 bits per heavy atom.